The molecule has 0 saturated heterocycles. The first-order chi connectivity index (χ1) is 24.4. The smallest absolute Gasteiger partial charge is 0.238 e. The van der Waals surface area contributed by atoms with Crippen LogP contribution in [0.3, 0.4) is 0 Å². The van der Waals surface area contributed by atoms with E-state index in [1.54, 1.807) is 0 Å². The molecular weight excluding hydrogens is 609 g/mol. The lowest BCUT2D eigenvalue weighted by atomic mass is 9.75. The summed E-state index contributed by atoms with van der Waals surface area (Å²) in [7, 11) is 0. The maximum absolute atomic E-state index is 5.26. The number of fused-ring (bicyclic) bond motifs is 5. The van der Waals surface area contributed by atoms with Crippen LogP contribution in [0.15, 0.2) is 134 Å². The van der Waals surface area contributed by atoms with Gasteiger partial charge in [0.15, 0.2) is 11.6 Å². The first-order valence-electron chi connectivity index (χ1n) is 17.5. The maximum atomic E-state index is 5.26. The molecule has 2 aromatic heterocycles. The van der Waals surface area contributed by atoms with Crippen molar-refractivity contribution < 1.29 is 0 Å². The third-order valence-electron chi connectivity index (χ3n) is 10.5. The summed E-state index contributed by atoms with van der Waals surface area (Å²) in [5.74, 6) is 1.89. The van der Waals surface area contributed by atoms with Gasteiger partial charge in [-0.2, -0.15) is 9.97 Å². The molecule has 4 nitrogen and oxygen atoms in total. The molecule has 0 fully saturated rings. The van der Waals surface area contributed by atoms with E-state index in [4.69, 9.17) is 15.0 Å². The van der Waals surface area contributed by atoms with Gasteiger partial charge in [0.1, 0.15) is 0 Å². The zero-order chi connectivity index (χ0) is 34.0. The fraction of sp³-hybridized carbons (Fsp3) is 0.152. The summed E-state index contributed by atoms with van der Waals surface area (Å²) in [5, 5.41) is 7.43. The summed E-state index contributed by atoms with van der Waals surface area (Å²) < 4.78 is 2.28. The van der Waals surface area contributed by atoms with Gasteiger partial charge < -0.3 is 0 Å². The molecule has 9 rings (SSSR count). The Balaban J connectivity index is 1.51. The van der Waals surface area contributed by atoms with Gasteiger partial charge in [0.25, 0.3) is 0 Å². The summed E-state index contributed by atoms with van der Waals surface area (Å²) in [6.07, 6.45) is 12.0. The van der Waals surface area contributed by atoms with Gasteiger partial charge in [-0.05, 0) is 87.7 Å². The first kappa shape index (κ1) is 30.2. The van der Waals surface area contributed by atoms with E-state index in [1.165, 1.54) is 54.3 Å². The Morgan fingerprint density at radius 2 is 1.40 bits per heavy atom. The third-order valence-corrected chi connectivity index (χ3v) is 10.5. The predicted octanol–water partition coefficient (Wildman–Crippen LogP) is 10.1. The minimum atomic E-state index is -0.000509. The number of allylic oxidation sites excluding steroid dienone is 5. The average Bonchev–Trinajstić information content (AvgIpc) is 3.41. The summed E-state index contributed by atoms with van der Waals surface area (Å²) in [5.41, 5.74) is 9.40. The SMILES string of the molecule is C=CC1=C(/C=C\C)CC(C)(C)C2=c3c1c1c4cc5ccccc5cc4n(-c4nc(-c5ccccc5)nc(-c5ccccc5)n4)c1cc3=CCC2. The molecule has 0 amide bonds. The number of benzene rings is 5. The zero-order valence-electron chi connectivity index (χ0n) is 28.7. The van der Waals surface area contributed by atoms with Crippen LogP contribution in [0.2, 0.25) is 0 Å². The molecule has 0 unspecified atom stereocenters. The lowest BCUT2D eigenvalue weighted by Crippen LogP contribution is -2.36. The van der Waals surface area contributed by atoms with Crippen LogP contribution in [0.4, 0.5) is 0 Å². The molecule has 2 aliphatic carbocycles. The predicted molar refractivity (Wildman–Crippen MR) is 209 cm³/mol. The Hall–Kier alpha value is -5.87. The van der Waals surface area contributed by atoms with E-state index in [2.05, 4.69) is 123 Å². The van der Waals surface area contributed by atoms with E-state index in [0.717, 1.165) is 41.4 Å². The van der Waals surface area contributed by atoms with Crippen molar-refractivity contribution >= 4 is 49.8 Å². The van der Waals surface area contributed by atoms with Crippen LogP contribution in [0.25, 0.3) is 78.5 Å². The largest absolute Gasteiger partial charge is 0.278 e. The molecule has 0 N–H and O–H groups in total. The molecule has 5 aromatic carbocycles. The highest BCUT2D eigenvalue weighted by molar-refractivity contribution is 6.18. The molecule has 7 aromatic rings. The van der Waals surface area contributed by atoms with Crippen LogP contribution >= 0.6 is 0 Å². The normalized spacial score (nSPS) is 15.5. The highest BCUT2D eigenvalue weighted by Crippen LogP contribution is 2.45. The Morgan fingerprint density at radius 1 is 0.760 bits per heavy atom. The van der Waals surface area contributed by atoms with Gasteiger partial charge in [0.05, 0.1) is 11.0 Å². The van der Waals surface area contributed by atoms with Crippen molar-refractivity contribution in [2.45, 2.75) is 40.0 Å². The summed E-state index contributed by atoms with van der Waals surface area (Å²) >= 11 is 0. The highest BCUT2D eigenvalue weighted by Gasteiger charge is 2.33. The molecule has 0 saturated carbocycles. The van der Waals surface area contributed by atoms with E-state index in [1.807, 2.05) is 36.4 Å². The van der Waals surface area contributed by atoms with Gasteiger partial charge >= 0.3 is 0 Å². The van der Waals surface area contributed by atoms with Gasteiger partial charge in [-0.25, -0.2) is 4.98 Å². The van der Waals surface area contributed by atoms with Crippen molar-refractivity contribution in [3.63, 3.8) is 0 Å². The van der Waals surface area contributed by atoms with Gasteiger partial charge in [0, 0.05) is 21.9 Å². The minimum absolute atomic E-state index is 0.000509. The van der Waals surface area contributed by atoms with Crippen LogP contribution in [-0.2, 0) is 0 Å². The molecule has 0 bridgehead atoms. The molecule has 4 heteroatoms. The summed E-state index contributed by atoms with van der Waals surface area (Å²) in [6, 6.07) is 36.1. The fourth-order valence-electron chi connectivity index (χ4n) is 8.35. The first-order valence-corrected chi connectivity index (χ1v) is 17.5. The van der Waals surface area contributed by atoms with Crippen LogP contribution in [0.1, 0.15) is 45.6 Å². The van der Waals surface area contributed by atoms with E-state index in [0.29, 0.717) is 17.6 Å². The van der Waals surface area contributed by atoms with Crippen LogP contribution in [0, 0.1) is 5.41 Å². The maximum Gasteiger partial charge on any atom is 0.238 e. The van der Waals surface area contributed by atoms with Crippen molar-refractivity contribution in [1.29, 1.82) is 0 Å². The number of hydrogen-bond donors (Lipinski definition) is 0. The lowest BCUT2D eigenvalue weighted by molar-refractivity contribution is 0.484. The van der Waals surface area contributed by atoms with Crippen molar-refractivity contribution in [3.8, 4) is 28.7 Å². The molecule has 0 spiro atoms. The third kappa shape index (κ3) is 4.70. The summed E-state index contributed by atoms with van der Waals surface area (Å²) in [6.45, 7) is 11.4. The highest BCUT2D eigenvalue weighted by atomic mass is 15.2. The molecule has 0 atom stereocenters. The molecule has 0 aliphatic heterocycles. The van der Waals surface area contributed by atoms with Crippen molar-refractivity contribution in [2.24, 2.45) is 5.41 Å². The minimum Gasteiger partial charge on any atom is -0.278 e. The van der Waals surface area contributed by atoms with E-state index in [9.17, 15) is 0 Å². The van der Waals surface area contributed by atoms with E-state index >= 15 is 0 Å². The Morgan fingerprint density at radius 3 is 2.04 bits per heavy atom. The van der Waals surface area contributed by atoms with Gasteiger partial charge in [-0.15, -0.1) is 0 Å². The molecule has 242 valence electrons. The monoisotopic (exact) mass is 646 g/mol. The lowest BCUT2D eigenvalue weighted by Gasteiger charge is -2.29. The van der Waals surface area contributed by atoms with Gasteiger partial charge in [-0.1, -0.05) is 135 Å². The van der Waals surface area contributed by atoms with Crippen molar-refractivity contribution in [3.05, 3.63) is 150 Å². The summed E-state index contributed by atoms with van der Waals surface area (Å²) in [4.78, 5) is 15.5. The standard InChI is InChI=1S/C46H38N4/c1-5-16-34-28-46(3,4)37-24-15-23-33-27-39-41(42(40(33)37)35(34)6-2)36-25-31-21-13-14-22-32(31)26-38(36)50(39)45-48-43(29-17-9-7-10-18-29)47-44(49-45)30-19-11-8-12-20-30/h5-14,16-23,25-27H,2,15,24,28H2,1,3-4H3/b16-5-. The van der Waals surface area contributed by atoms with Gasteiger partial charge in [0.2, 0.25) is 5.95 Å². The second-order valence-corrected chi connectivity index (χ2v) is 14.1. The van der Waals surface area contributed by atoms with Crippen LogP contribution in [0.5, 0.6) is 0 Å². The Bertz CT molecular complexity index is 2650. The van der Waals surface area contributed by atoms with Crippen LogP contribution in [-0.4, -0.2) is 19.5 Å². The number of aromatic nitrogens is 4. The molecule has 2 heterocycles. The van der Waals surface area contributed by atoms with Crippen molar-refractivity contribution in [1.82, 2.24) is 19.5 Å². The number of hydrogen-bond acceptors (Lipinski definition) is 3. The number of rotatable bonds is 5. The Labute approximate surface area is 292 Å². The molecule has 50 heavy (non-hydrogen) atoms. The van der Waals surface area contributed by atoms with Crippen molar-refractivity contribution in [2.75, 3.05) is 0 Å². The van der Waals surface area contributed by atoms with Crippen LogP contribution < -0.4 is 10.4 Å². The zero-order valence-corrected chi connectivity index (χ0v) is 28.7. The second kappa shape index (κ2) is 11.6. The average molecular weight is 647 g/mol. The quantitative estimate of drug-likeness (QED) is 0.187. The van der Waals surface area contributed by atoms with E-state index < -0.39 is 0 Å². The second-order valence-electron chi connectivity index (χ2n) is 14.1. The fourth-order valence-corrected chi connectivity index (χ4v) is 8.35. The topological polar surface area (TPSA) is 43.6 Å². The van der Waals surface area contributed by atoms with Gasteiger partial charge in [-0.3, -0.25) is 4.57 Å². The molecule has 0 radical (unpaired) electrons. The number of nitrogens with zero attached hydrogens (tertiary/aromatic N) is 4. The van der Waals surface area contributed by atoms with E-state index in [-0.39, 0.29) is 5.41 Å². The molecular formula is C46H38N4. The Kier molecular flexibility index (Phi) is 7.03. The molecule has 2 aliphatic rings.